The predicted molar refractivity (Wildman–Crippen MR) is 171 cm³/mol. The van der Waals surface area contributed by atoms with Crippen LogP contribution in [0.25, 0.3) is 0 Å². The number of rotatable bonds is 15. The Hall–Kier alpha value is -3.07. The third-order valence-corrected chi connectivity index (χ3v) is 8.76. The lowest BCUT2D eigenvalue weighted by Crippen LogP contribution is -2.50. The van der Waals surface area contributed by atoms with Gasteiger partial charge in [0, 0.05) is 42.5 Å². The number of halogens is 2. The van der Waals surface area contributed by atoms with Crippen molar-refractivity contribution in [2.45, 2.75) is 58.5 Å². The second kappa shape index (κ2) is 16.0. The molecular formula is C32H39Cl2N3O4S. The van der Waals surface area contributed by atoms with Gasteiger partial charge in [-0.15, -0.1) is 0 Å². The van der Waals surface area contributed by atoms with Gasteiger partial charge in [0.2, 0.25) is 21.8 Å². The average molecular weight is 633 g/mol. The van der Waals surface area contributed by atoms with E-state index in [0.717, 1.165) is 30.2 Å². The molecule has 0 aliphatic rings. The van der Waals surface area contributed by atoms with Crippen molar-refractivity contribution in [3.8, 4) is 0 Å². The van der Waals surface area contributed by atoms with Crippen LogP contribution < -0.4 is 9.62 Å². The van der Waals surface area contributed by atoms with Gasteiger partial charge in [0.25, 0.3) is 0 Å². The van der Waals surface area contributed by atoms with Crippen LogP contribution in [0.15, 0.2) is 72.8 Å². The highest BCUT2D eigenvalue weighted by atomic mass is 35.5. The van der Waals surface area contributed by atoms with Crippen molar-refractivity contribution >= 4 is 50.7 Å². The maximum Gasteiger partial charge on any atom is 0.243 e. The first kappa shape index (κ1) is 33.4. The summed E-state index contributed by atoms with van der Waals surface area (Å²) in [4.78, 5) is 29.1. The molecule has 0 aliphatic heterocycles. The van der Waals surface area contributed by atoms with Crippen LogP contribution >= 0.6 is 23.2 Å². The Morgan fingerprint density at radius 3 is 2.29 bits per heavy atom. The van der Waals surface area contributed by atoms with E-state index in [-0.39, 0.29) is 37.7 Å². The summed E-state index contributed by atoms with van der Waals surface area (Å²) >= 11 is 12.6. The Labute approximate surface area is 259 Å². The summed E-state index contributed by atoms with van der Waals surface area (Å²) in [5.41, 5.74) is 2.97. The summed E-state index contributed by atoms with van der Waals surface area (Å²) in [5.74, 6) is -0.519. The summed E-state index contributed by atoms with van der Waals surface area (Å²) in [6.07, 6.45) is 3.52. The molecule has 0 radical (unpaired) electrons. The largest absolute Gasteiger partial charge is 0.354 e. The van der Waals surface area contributed by atoms with Gasteiger partial charge in [0.15, 0.2) is 0 Å². The molecule has 226 valence electrons. The van der Waals surface area contributed by atoms with Crippen molar-refractivity contribution in [1.29, 1.82) is 0 Å². The van der Waals surface area contributed by atoms with Crippen LogP contribution in [0.2, 0.25) is 10.0 Å². The number of para-hydroxylation sites is 1. The molecule has 3 aromatic carbocycles. The molecule has 0 aliphatic carbocycles. The third kappa shape index (κ3) is 9.75. The van der Waals surface area contributed by atoms with Gasteiger partial charge in [0.1, 0.15) is 6.04 Å². The van der Waals surface area contributed by atoms with Crippen LogP contribution in [-0.2, 0) is 32.6 Å². The van der Waals surface area contributed by atoms with Gasteiger partial charge in [-0.05, 0) is 54.7 Å². The standard InChI is InChI=1S/C32H39Cl2N3O4S/c1-4-5-19-35-32(39)30(21-25-13-7-6-8-14-25)36(23-26-17-18-27(33)22-28(26)34)31(38)16-11-20-37(42(3,40)41)29-15-10-9-12-24(29)2/h6-10,12-15,17-18,22,30H,4-5,11,16,19-21,23H2,1-3H3,(H,35,39). The molecule has 0 aromatic heterocycles. The van der Waals surface area contributed by atoms with Gasteiger partial charge in [-0.2, -0.15) is 0 Å². The van der Waals surface area contributed by atoms with Crippen LogP contribution in [0.5, 0.6) is 0 Å². The molecular weight excluding hydrogens is 593 g/mol. The smallest absolute Gasteiger partial charge is 0.243 e. The lowest BCUT2D eigenvalue weighted by Gasteiger charge is -2.32. The Bertz CT molecular complexity index is 1450. The predicted octanol–water partition coefficient (Wildman–Crippen LogP) is 6.40. The number of benzene rings is 3. The molecule has 10 heteroatoms. The van der Waals surface area contributed by atoms with Crippen molar-refractivity contribution in [2.75, 3.05) is 23.7 Å². The normalized spacial score (nSPS) is 12.0. The number of aryl methyl sites for hydroxylation is 1. The van der Waals surface area contributed by atoms with Gasteiger partial charge >= 0.3 is 0 Å². The molecule has 1 N–H and O–H groups in total. The van der Waals surface area contributed by atoms with Gasteiger partial charge in [0.05, 0.1) is 11.9 Å². The molecule has 7 nitrogen and oxygen atoms in total. The molecule has 0 saturated heterocycles. The van der Waals surface area contributed by atoms with E-state index in [4.69, 9.17) is 23.2 Å². The van der Waals surface area contributed by atoms with Crippen molar-refractivity contribution in [2.24, 2.45) is 0 Å². The molecule has 2 amide bonds. The summed E-state index contributed by atoms with van der Waals surface area (Å²) in [5, 5.41) is 3.86. The first-order valence-corrected chi connectivity index (χ1v) is 16.7. The molecule has 1 atom stereocenters. The van der Waals surface area contributed by atoms with E-state index in [1.54, 1.807) is 35.2 Å². The van der Waals surface area contributed by atoms with E-state index in [1.165, 1.54) is 4.31 Å². The number of nitrogens with zero attached hydrogens (tertiary/aromatic N) is 2. The molecule has 1 unspecified atom stereocenters. The number of sulfonamides is 1. The minimum absolute atomic E-state index is 0.0383. The van der Waals surface area contributed by atoms with Crippen molar-refractivity contribution in [3.05, 3.63) is 99.5 Å². The molecule has 0 heterocycles. The summed E-state index contributed by atoms with van der Waals surface area (Å²) in [6, 6.07) is 21.1. The van der Waals surface area contributed by atoms with Crippen LogP contribution in [-0.4, -0.2) is 50.5 Å². The maximum absolute atomic E-state index is 13.9. The average Bonchev–Trinajstić information content (AvgIpc) is 2.94. The van der Waals surface area contributed by atoms with E-state index in [0.29, 0.717) is 34.3 Å². The van der Waals surface area contributed by atoms with Crippen LogP contribution in [0.1, 0.15) is 49.3 Å². The minimum atomic E-state index is -3.59. The van der Waals surface area contributed by atoms with Crippen LogP contribution in [0.4, 0.5) is 5.69 Å². The number of carbonyl (C=O) groups excluding carboxylic acids is 2. The maximum atomic E-state index is 13.9. The Kier molecular flexibility index (Phi) is 12.7. The zero-order chi connectivity index (χ0) is 30.7. The number of nitrogens with one attached hydrogen (secondary N) is 1. The fraction of sp³-hybridized carbons (Fsp3) is 0.375. The molecule has 0 bridgehead atoms. The van der Waals surface area contributed by atoms with E-state index < -0.39 is 16.1 Å². The zero-order valence-electron chi connectivity index (χ0n) is 24.4. The molecule has 0 fully saturated rings. The van der Waals surface area contributed by atoms with Gasteiger partial charge < -0.3 is 10.2 Å². The highest BCUT2D eigenvalue weighted by molar-refractivity contribution is 7.92. The van der Waals surface area contributed by atoms with Gasteiger partial charge in [-0.1, -0.05) is 91.1 Å². The van der Waals surface area contributed by atoms with Crippen molar-refractivity contribution in [1.82, 2.24) is 10.2 Å². The number of hydrogen-bond acceptors (Lipinski definition) is 4. The highest BCUT2D eigenvalue weighted by Gasteiger charge is 2.31. The quantitative estimate of drug-likeness (QED) is 0.197. The zero-order valence-corrected chi connectivity index (χ0v) is 26.7. The van der Waals surface area contributed by atoms with Gasteiger partial charge in [-0.3, -0.25) is 13.9 Å². The van der Waals surface area contributed by atoms with E-state index in [2.05, 4.69) is 5.32 Å². The highest BCUT2D eigenvalue weighted by Crippen LogP contribution is 2.26. The number of anilines is 1. The Morgan fingerprint density at radius 1 is 0.952 bits per heavy atom. The summed E-state index contributed by atoms with van der Waals surface area (Å²) in [6.45, 7) is 4.62. The monoisotopic (exact) mass is 631 g/mol. The van der Waals surface area contributed by atoms with E-state index >= 15 is 0 Å². The molecule has 42 heavy (non-hydrogen) atoms. The van der Waals surface area contributed by atoms with E-state index in [1.807, 2.05) is 56.3 Å². The van der Waals surface area contributed by atoms with Crippen LogP contribution in [0, 0.1) is 6.92 Å². The van der Waals surface area contributed by atoms with Gasteiger partial charge in [-0.25, -0.2) is 8.42 Å². The number of unbranched alkanes of at least 4 members (excludes halogenated alkanes) is 1. The topological polar surface area (TPSA) is 86.8 Å². The number of hydrogen-bond donors (Lipinski definition) is 1. The van der Waals surface area contributed by atoms with E-state index in [9.17, 15) is 18.0 Å². The first-order valence-electron chi connectivity index (χ1n) is 14.1. The summed E-state index contributed by atoms with van der Waals surface area (Å²) < 4.78 is 26.7. The fourth-order valence-electron chi connectivity index (χ4n) is 4.72. The molecule has 3 aromatic rings. The number of amides is 2. The first-order chi connectivity index (χ1) is 20.0. The lowest BCUT2D eigenvalue weighted by atomic mass is 10.0. The Balaban J connectivity index is 1.91. The Morgan fingerprint density at radius 2 is 1.64 bits per heavy atom. The third-order valence-electron chi connectivity index (χ3n) is 6.99. The minimum Gasteiger partial charge on any atom is -0.354 e. The second-order valence-corrected chi connectivity index (χ2v) is 13.1. The molecule has 3 rings (SSSR count). The van der Waals surface area contributed by atoms with Crippen LogP contribution in [0.3, 0.4) is 0 Å². The molecule has 0 spiro atoms. The van der Waals surface area contributed by atoms with Crippen molar-refractivity contribution < 1.29 is 18.0 Å². The number of carbonyl (C=O) groups is 2. The SMILES string of the molecule is CCCCNC(=O)C(Cc1ccccc1)N(Cc1ccc(Cl)cc1Cl)C(=O)CCCN(c1ccccc1C)S(C)(=O)=O. The fourth-order valence-corrected chi connectivity index (χ4v) is 6.21. The second-order valence-electron chi connectivity index (χ2n) is 10.3. The lowest BCUT2D eigenvalue weighted by molar-refractivity contribution is -0.141. The summed E-state index contributed by atoms with van der Waals surface area (Å²) in [7, 11) is -3.59. The molecule has 0 saturated carbocycles. The van der Waals surface area contributed by atoms with Crippen molar-refractivity contribution in [3.63, 3.8) is 0 Å².